The smallest absolute Gasteiger partial charge is 0.296 e. The van der Waals surface area contributed by atoms with Crippen LogP contribution in [0.1, 0.15) is 32.9 Å². The van der Waals surface area contributed by atoms with Crippen molar-refractivity contribution in [2.75, 3.05) is 16.8 Å². The van der Waals surface area contributed by atoms with Gasteiger partial charge in [0, 0.05) is 37.2 Å². The van der Waals surface area contributed by atoms with Gasteiger partial charge in [-0.1, -0.05) is 36.4 Å². The van der Waals surface area contributed by atoms with Crippen LogP contribution < -0.4 is 10.2 Å². The highest BCUT2D eigenvalue weighted by Crippen LogP contribution is 2.30. The van der Waals surface area contributed by atoms with E-state index < -0.39 is 11.7 Å². The average molecular weight is 388 g/mol. The molecule has 148 valence electrons. The number of ketones is 1. The molecule has 1 aromatic heterocycles. The molecule has 6 nitrogen and oxygen atoms in total. The maximum absolute atomic E-state index is 12.7. The Morgan fingerprint density at radius 3 is 2.55 bits per heavy atom. The number of aryl methyl sites for hydroxylation is 2. The minimum Gasteiger partial charge on any atom is -0.367 e. The van der Waals surface area contributed by atoms with Gasteiger partial charge < -0.3 is 10.2 Å². The van der Waals surface area contributed by atoms with Crippen LogP contribution in [0.3, 0.4) is 0 Å². The number of carbonyl (C=O) groups is 2. The van der Waals surface area contributed by atoms with Crippen molar-refractivity contribution >= 4 is 23.1 Å². The minimum absolute atomic E-state index is 0.371. The molecule has 6 heteroatoms. The fourth-order valence-corrected chi connectivity index (χ4v) is 3.95. The molecule has 0 atom stereocenters. The van der Waals surface area contributed by atoms with Crippen molar-refractivity contribution in [3.63, 3.8) is 0 Å². The zero-order valence-corrected chi connectivity index (χ0v) is 16.9. The summed E-state index contributed by atoms with van der Waals surface area (Å²) in [5, 5.41) is 7.06. The number of para-hydroxylation sites is 2. The van der Waals surface area contributed by atoms with Crippen LogP contribution in [0.2, 0.25) is 0 Å². The monoisotopic (exact) mass is 388 g/mol. The van der Waals surface area contributed by atoms with Crippen molar-refractivity contribution < 1.29 is 9.59 Å². The Labute approximate surface area is 170 Å². The zero-order valence-electron chi connectivity index (χ0n) is 16.9. The lowest BCUT2D eigenvalue weighted by molar-refractivity contribution is -0.112. The number of benzene rings is 2. The number of Topliss-reactive ketones (excluding diaryl/α,β-unsaturated/α-hetero) is 1. The Kier molecular flexibility index (Phi) is 4.92. The average Bonchev–Trinajstić information content (AvgIpc) is 3.23. The molecule has 4 rings (SSSR count). The molecule has 0 radical (unpaired) electrons. The predicted molar refractivity (Wildman–Crippen MR) is 113 cm³/mol. The number of nitrogens with one attached hydrogen (secondary N) is 1. The van der Waals surface area contributed by atoms with Crippen molar-refractivity contribution in [2.45, 2.75) is 26.8 Å². The number of anilines is 2. The van der Waals surface area contributed by atoms with Crippen molar-refractivity contribution in [2.24, 2.45) is 7.05 Å². The molecule has 2 heterocycles. The minimum atomic E-state index is -0.640. The summed E-state index contributed by atoms with van der Waals surface area (Å²) in [6.45, 7) is 5.15. The van der Waals surface area contributed by atoms with E-state index in [0.717, 1.165) is 18.5 Å². The number of fused-ring (bicyclic) bond motifs is 1. The molecule has 0 saturated heterocycles. The van der Waals surface area contributed by atoms with Gasteiger partial charge in [-0.05, 0) is 43.5 Å². The SMILES string of the molecule is Cc1nn(C)c(C)c1C(=O)C(=O)Nc1ccccc1CN1CCc2ccccc21. The van der Waals surface area contributed by atoms with Gasteiger partial charge in [-0.15, -0.1) is 0 Å². The molecule has 0 spiro atoms. The molecule has 1 N–H and O–H groups in total. The molecule has 3 aromatic rings. The third kappa shape index (κ3) is 3.53. The summed E-state index contributed by atoms with van der Waals surface area (Å²) >= 11 is 0. The first kappa shape index (κ1) is 18.9. The van der Waals surface area contributed by atoms with Crippen LogP contribution in [-0.4, -0.2) is 28.0 Å². The van der Waals surface area contributed by atoms with E-state index in [1.807, 2.05) is 30.3 Å². The normalized spacial score (nSPS) is 12.7. The Bertz CT molecular complexity index is 1100. The van der Waals surface area contributed by atoms with Crippen molar-refractivity contribution in [3.8, 4) is 0 Å². The van der Waals surface area contributed by atoms with E-state index in [4.69, 9.17) is 0 Å². The Balaban J connectivity index is 1.55. The van der Waals surface area contributed by atoms with Crippen LogP contribution >= 0.6 is 0 Å². The summed E-state index contributed by atoms with van der Waals surface area (Å²) in [5.41, 5.74) is 5.82. The van der Waals surface area contributed by atoms with Gasteiger partial charge in [0.05, 0.1) is 11.3 Å². The standard InChI is InChI=1S/C23H24N4O2/c1-15-21(16(2)26(3)25-15)22(28)23(29)24-19-10-6-4-9-18(19)14-27-13-12-17-8-5-7-11-20(17)27/h4-11H,12-14H2,1-3H3,(H,24,29). The molecule has 1 amide bonds. The van der Waals surface area contributed by atoms with E-state index in [9.17, 15) is 9.59 Å². The van der Waals surface area contributed by atoms with Gasteiger partial charge in [0.2, 0.25) is 0 Å². The van der Waals surface area contributed by atoms with E-state index in [1.165, 1.54) is 11.3 Å². The molecule has 29 heavy (non-hydrogen) atoms. The van der Waals surface area contributed by atoms with Gasteiger partial charge in [0.25, 0.3) is 11.7 Å². The summed E-state index contributed by atoms with van der Waals surface area (Å²) in [6.07, 6.45) is 1.02. The second-order valence-electron chi connectivity index (χ2n) is 7.41. The Hall–Kier alpha value is -3.41. The maximum atomic E-state index is 12.7. The topological polar surface area (TPSA) is 67.2 Å². The molecular weight excluding hydrogens is 364 g/mol. The highest BCUT2D eigenvalue weighted by Gasteiger charge is 2.25. The van der Waals surface area contributed by atoms with E-state index >= 15 is 0 Å². The van der Waals surface area contributed by atoms with Crippen LogP contribution in [0, 0.1) is 13.8 Å². The van der Waals surface area contributed by atoms with Crippen LogP contribution in [0.15, 0.2) is 48.5 Å². The number of carbonyl (C=O) groups excluding carboxylic acids is 2. The fraction of sp³-hybridized carbons (Fsp3) is 0.261. The first-order valence-electron chi connectivity index (χ1n) is 9.72. The number of nitrogens with zero attached hydrogens (tertiary/aromatic N) is 3. The second kappa shape index (κ2) is 7.54. The predicted octanol–water partition coefficient (Wildman–Crippen LogP) is 3.42. The van der Waals surface area contributed by atoms with E-state index in [0.29, 0.717) is 29.2 Å². The van der Waals surface area contributed by atoms with Gasteiger partial charge in [-0.3, -0.25) is 14.3 Å². The fourth-order valence-electron chi connectivity index (χ4n) is 3.95. The van der Waals surface area contributed by atoms with Crippen molar-refractivity contribution in [3.05, 3.63) is 76.6 Å². The van der Waals surface area contributed by atoms with E-state index in [-0.39, 0.29) is 0 Å². The number of rotatable bonds is 5. The quantitative estimate of drug-likeness (QED) is 0.537. The van der Waals surface area contributed by atoms with E-state index in [1.54, 1.807) is 25.6 Å². The molecule has 0 unspecified atom stereocenters. The van der Waals surface area contributed by atoms with Crippen molar-refractivity contribution in [1.29, 1.82) is 0 Å². The van der Waals surface area contributed by atoms with Gasteiger partial charge in [-0.2, -0.15) is 5.10 Å². The summed E-state index contributed by atoms with van der Waals surface area (Å²) < 4.78 is 1.62. The largest absolute Gasteiger partial charge is 0.367 e. The molecule has 0 fully saturated rings. The molecule has 1 aliphatic heterocycles. The summed E-state index contributed by atoms with van der Waals surface area (Å²) in [5.74, 6) is -1.20. The highest BCUT2D eigenvalue weighted by atomic mass is 16.2. The summed E-state index contributed by atoms with van der Waals surface area (Å²) in [4.78, 5) is 27.8. The molecule has 0 bridgehead atoms. The molecule has 0 saturated carbocycles. The van der Waals surface area contributed by atoms with Crippen molar-refractivity contribution in [1.82, 2.24) is 9.78 Å². The van der Waals surface area contributed by atoms with Gasteiger partial charge >= 0.3 is 0 Å². The van der Waals surface area contributed by atoms with Gasteiger partial charge in [0.15, 0.2) is 0 Å². The maximum Gasteiger partial charge on any atom is 0.296 e. The zero-order chi connectivity index (χ0) is 20.5. The number of amides is 1. The van der Waals surface area contributed by atoms with Gasteiger partial charge in [-0.25, -0.2) is 0 Å². The number of hydrogen-bond acceptors (Lipinski definition) is 4. The first-order chi connectivity index (χ1) is 14.0. The Morgan fingerprint density at radius 2 is 1.79 bits per heavy atom. The Morgan fingerprint density at radius 1 is 1.07 bits per heavy atom. The first-order valence-corrected chi connectivity index (χ1v) is 9.72. The lowest BCUT2D eigenvalue weighted by atomic mass is 10.1. The molecule has 2 aromatic carbocycles. The second-order valence-corrected chi connectivity index (χ2v) is 7.41. The highest BCUT2D eigenvalue weighted by molar-refractivity contribution is 6.47. The van der Waals surface area contributed by atoms with Crippen LogP contribution in [0.25, 0.3) is 0 Å². The summed E-state index contributed by atoms with van der Waals surface area (Å²) in [6, 6.07) is 16.0. The van der Waals surface area contributed by atoms with Crippen LogP contribution in [0.4, 0.5) is 11.4 Å². The molecule has 0 aliphatic carbocycles. The number of aromatic nitrogens is 2. The molecular formula is C23H24N4O2. The lowest BCUT2D eigenvalue weighted by Gasteiger charge is -2.21. The lowest BCUT2D eigenvalue weighted by Crippen LogP contribution is -2.26. The van der Waals surface area contributed by atoms with Crippen LogP contribution in [-0.2, 0) is 24.8 Å². The van der Waals surface area contributed by atoms with Crippen LogP contribution in [0.5, 0.6) is 0 Å². The van der Waals surface area contributed by atoms with Gasteiger partial charge in [0.1, 0.15) is 0 Å². The molecule has 1 aliphatic rings. The summed E-state index contributed by atoms with van der Waals surface area (Å²) in [7, 11) is 1.76. The number of hydrogen-bond donors (Lipinski definition) is 1. The third-order valence-corrected chi connectivity index (χ3v) is 5.55. The van der Waals surface area contributed by atoms with E-state index in [2.05, 4.69) is 33.5 Å². The third-order valence-electron chi connectivity index (χ3n) is 5.55.